The van der Waals surface area contributed by atoms with E-state index in [0.717, 1.165) is 19.6 Å². The van der Waals surface area contributed by atoms with Gasteiger partial charge in [-0.3, -0.25) is 4.79 Å². The van der Waals surface area contributed by atoms with Crippen molar-refractivity contribution in [3.63, 3.8) is 0 Å². The highest BCUT2D eigenvalue weighted by Crippen LogP contribution is 2.13. The first kappa shape index (κ1) is 14.3. The van der Waals surface area contributed by atoms with E-state index in [4.69, 9.17) is 11.6 Å². The number of halogens is 2. The molecule has 1 fully saturated rings. The first-order chi connectivity index (χ1) is 7.66. The van der Waals surface area contributed by atoms with Gasteiger partial charge >= 0.3 is 0 Å². The molecule has 0 saturated carbocycles. The first-order valence-electron chi connectivity index (χ1n) is 5.45. The summed E-state index contributed by atoms with van der Waals surface area (Å²) in [6.45, 7) is 4.45. The van der Waals surface area contributed by atoms with E-state index < -0.39 is 0 Å². The van der Waals surface area contributed by atoms with Crippen molar-refractivity contribution in [1.29, 1.82) is 0 Å². The minimum absolute atomic E-state index is 0. The predicted molar refractivity (Wildman–Crippen MR) is 72.1 cm³/mol. The van der Waals surface area contributed by atoms with E-state index in [2.05, 4.69) is 12.2 Å². The number of nitrogens with one attached hydrogen (secondary N) is 1. The molecule has 1 saturated heterocycles. The number of nitrogens with zero attached hydrogens (tertiary/aromatic N) is 1. The molecule has 94 valence electrons. The van der Waals surface area contributed by atoms with E-state index in [-0.39, 0.29) is 18.3 Å². The maximum Gasteiger partial charge on any atom is 0.254 e. The van der Waals surface area contributed by atoms with Crippen molar-refractivity contribution in [2.45, 2.75) is 13.0 Å². The molecule has 1 aliphatic heterocycles. The summed E-state index contributed by atoms with van der Waals surface area (Å²) >= 11 is 5.87. The Balaban J connectivity index is 0.00000144. The average Bonchev–Trinajstić information content (AvgIpc) is 2.28. The Morgan fingerprint density at radius 1 is 1.53 bits per heavy atom. The van der Waals surface area contributed by atoms with Gasteiger partial charge in [-0.15, -0.1) is 12.4 Å². The number of hydrogen-bond acceptors (Lipinski definition) is 2. The van der Waals surface area contributed by atoms with Crippen LogP contribution in [0.2, 0.25) is 5.02 Å². The molecule has 0 aliphatic carbocycles. The van der Waals surface area contributed by atoms with Gasteiger partial charge in [0.25, 0.3) is 5.91 Å². The van der Waals surface area contributed by atoms with E-state index in [9.17, 15) is 4.79 Å². The summed E-state index contributed by atoms with van der Waals surface area (Å²) in [5.41, 5.74) is 0.668. The number of rotatable bonds is 1. The van der Waals surface area contributed by atoms with E-state index >= 15 is 0 Å². The summed E-state index contributed by atoms with van der Waals surface area (Å²) in [5, 5.41) is 3.92. The summed E-state index contributed by atoms with van der Waals surface area (Å²) in [5.74, 6) is 0.0656. The molecule has 0 bridgehead atoms. The Bertz CT molecular complexity index is 398. The second-order valence-electron chi connectivity index (χ2n) is 4.12. The predicted octanol–water partition coefficient (Wildman–Crippen LogP) is 2.20. The molecule has 1 amide bonds. The van der Waals surface area contributed by atoms with Crippen LogP contribution in [-0.2, 0) is 0 Å². The summed E-state index contributed by atoms with van der Waals surface area (Å²) in [4.78, 5) is 14.0. The fourth-order valence-corrected chi connectivity index (χ4v) is 2.11. The number of hydrogen-bond donors (Lipinski definition) is 1. The molecule has 17 heavy (non-hydrogen) atoms. The van der Waals surface area contributed by atoms with Crippen molar-refractivity contribution in [1.82, 2.24) is 10.2 Å². The molecule has 0 radical (unpaired) electrons. The van der Waals surface area contributed by atoms with Crippen LogP contribution >= 0.6 is 24.0 Å². The summed E-state index contributed by atoms with van der Waals surface area (Å²) in [6.07, 6.45) is 0. The van der Waals surface area contributed by atoms with Gasteiger partial charge in [-0.05, 0) is 25.1 Å². The van der Waals surface area contributed by atoms with Gasteiger partial charge in [0.15, 0.2) is 0 Å². The molecule has 2 rings (SSSR count). The lowest BCUT2D eigenvalue weighted by Gasteiger charge is -2.32. The lowest BCUT2D eigenvalue weighted by molar-refractivity contribution is 0.0709. The van der Waals surface area contributed by atoms with Gasteiger partial charge < -0.3 is 10.2 Å². The Labute approximate surface area is 113 Å². The third-order valence-corrected chi connectivity index (χ3v) is 2.96. The topological polar surface area (TPSA) is 32.3 Å². The van der Waals surface area contributed by atoms with Crippen LogP contribution in [0.4, 0.5) is 0 Å². The molecule has 1 N–H and O–H groups in total. The molecular weight excluding hydrogens is 259 g/mol. The second-order valence-corrected chi connectivity index (χ2v) is 4.55. The standard InChI is InChI=1S/C12H15ClN2O.ClH/c1-9-8-15(6-5-14-9)12(16)10-3-2-4-11(13)7-10;/h2-4,7,9,14H,5-6,8H2,1H3;1H. The SMILES string of the molecule is CC1CN(C(=O)c2cccc(Cl)c2)CCN1.Cl. The van der Waals surface area contributed by atoms with Crippen LogP contribution in [-0.4, -0.2) is 36.5 Å². The molecule has 3 nitrogen and oxygen atoms in total. The van der Waals surface area contributed by atoms with Gasteiger partial charge in [-0.2, -0.15) is 0 Å². The zero-order valence-corrected chi connectivity index (χ0v) is 11.2. The minimum Gasteiger partial charge on any atom is -0.336 e. The van der Waals surface area contributed by atoms with Crippen molar-refractivity contribution >= 4 is 29.9 Å². The van der Waals surface area contributed by atoms with Crippen molar-refractivity contribution in [2.75, 3.05) is 19.6 Å². The lowest BCUT2D eigenvalue weighted by Crippen LogP contribution is -2.51. The molecule has 1 aromatic carbocycles. The first-order valence-corrected chi connectivity index (χ1v) is 5.83. The van der Waals surface area contributed by atoms with Crippen LogP contribution in [0.25, 0.3) is 0 Å². The quantitative estimate of drug-likeness (QED) is 0.852. The average molecular weight is 275 g/mol. The molecule has 1 unspecified atom stereocenters. The summed E-state index contributed by atoms with van der Waals surface area (Å²) in [7, 11) is 0. The fraction of sp³-hybridized carbons (Fsp3) is 0.417. The third kappa shape index (κ3) is 3.60. The van der Waals surface area contributed by atoms with E-state index in [0.29, 0.717) is 16.6 Å². The molecule has 1 atom stereocenters. The molecule has 1 heterocycles. The third-order valence-electron chi connectivity index (χ3n) is 2.73. The second kappa shape index (κ2) is 6.24. The smallest absolute Gasteiger partial charge is 0.254 e. The number of amides is 1. The Morgan fingerprint density at radius 3 is 2.94 bits per heavy atom. The highest BCUT2D eigenvalue weighted by molar-refractivity contribution is 6.30. The number of benzene rings is 1. The van der Waals surface area contributed by atoms with Crippen LogP contribution in [0.1, 0.15) is 17.3 Å². The van der Waals surface area contributed by atoms with Gasteiger partial charge in [0.2, 0.25) is 0 Å². The van der Waals surface area contributed by atoms with E-state index in [1.54, 1.807) is 24.3 Å². The van der Waals surface area contributed by atoms with Gasteiger partial charge in [0.05, 0.1) is 0 Å². The largest absolute Gasteiger partial charge is 0.336 e. The number of carbonyl (C=O) groups is 1. The number of carbonyl (C=O) groups excluding carboxylic acids is 1. The summed E-state index contributed by atoms with van der Waals surface area (Å²) < 4.78 is 0. The van der Waals surface area contributed by atoms with Crippen molar-refractivity contribution < 1.29 is 4.79 Å². The molecule has 5 heteroatoms. The van der Waals surface area contributed by atoms with Gasteiger partial charge in [-0.1, -0.05) is 17.7 Å². The fourth-order valence-electron chi connectivity index (χ4n) is 1.92. The maximum absolute atomic E-state index is 12.1. The summed E-state index contributed by atoms with van der Waals surface area (Å²) in [6, 6.07) is 7.47. The van der Waals surface area contributed by atoms with E-state index in [1.165, 1.54) is 0 Å². The van der Waals surface area contributed by atoms with Crippen LogP contribution in [0, 0.1) is 0 Å². The maximum atomic E-state index is 12.1. The molecule has 0 aromatic heterocycles. The van der Waals surface area contributed by atoms with Crippen molar-refractivity contribution in [2.24, 2.45) is 0 Å². The van der Waals surface area contributed by atoms with Gasteiger partial charge in [0.1, 0.15) is 0 Å². The van der Waals surface area contributed by atoms with Crippen molar-refractivity contribution in [3.05, 3.63) is 34.9 Å². The number of piperazine rings is 1. The molecule has 1 aliphatic rings. The van der Waals surface area contributed by atoms with Crippen LogP contribution in [0.3, 0.4) is 0 Å². The van der Waals surface area contributed by atoms with Crippen LogP contribution in [0.5, 0.6) is 0 Å². The van der Waals surface area contributed by atoms with Crippen LogP contribution in [0.15, 0.2) is 24.3 Å². The molecular formula is C12H16Cl2N2O. The Morgan fingerprint density at radius 2 is 2.29 bits per heavy atom. The Hall–Kier alpha value is -0.770. The van der Waals surface area contributed by atoms with Crippen molar-refractivity contribution in [3.8, 4) is 0 Å². The molecule has 1 aromatic rings. The normalized spacial score (nSPS) is 19.6. The zero-order valence-electron chi connectivity index (χ0n) is 9.65. The minimum atomic E-state index is 0. The monoisotopic (exact) mass is 274 g/mol. The Kier molecular flexibility index (Phi) is 5.25. The molecule has 0 spiro atoms. The van der Waals surface area contributed by atoms with E-state index in [1.807, 2.05) is 4.90 Å². The zero-order chi connectivity index (χ0) is 11.5. The van der Waals surface area contributed by atoms with Gasteiger partial charge in [-0.25, -0.2) is 0 Å². The lowest BCUT2D eigenvalue weighted by atomic mass is 10.1. The highest BCUT2D eigenvalue weighted by Gasteiger charge is 2.21. The van der Waals surface area contributed by atoms with Crippen LogP contribution < -0.4 is 5.32 Å². The highest BCUT2D eigenvalue weighted by atomic mass is 35.5. The van der Waals surface area contributed by atoms with Gasteiger partial charge in [0, 0.05) is 36.3 Å².